The largest absolute Gasteiger partial charge is 0.508 e. The van der Waals surface area contributed by atoms with Crippen molar-refractivity contribution in [3.63, 3.8) is 0 Å². The number of phenols is 1. The highest BCUT2D eigenvalue weighted by atomic mass is 32.1. The number of phenolic OH excluding ortho intramolecular Hbond substituents is 1. The van der Waals surface area contributed by atoms with Crippen molar-refractivity contribution >= 4 is 23.2 Å². The predicted octanol–water partition coefficient (Wildman–Crippen LogP) is 2.90. The van der Waals surface area contributed by atoms with Gasteiger partial charge < -0.3 is 15.2 Å². The minimum Gasteiger partial charge on any atom is -0.508 e. The molecule has 0 radical (unpaired) electrons. The lowest BCUT2D eigenvalue weighted by Crippen LogP contribution is -2.32. The van der Waals surface area contributed by atoms with E-state index in [4.69, 9.17) is 17.0 Å². The van der Waals surface area contributed by atoms with Crippen molar-refractivity contribution in [1.82, 2.24) is 10.7 Å². The van der Waals surface area contributed by atoms with Crippen LogP contribution in [0.5, 0.6) is 5.75 Å². The van der Waals surface area contributed by atoms with Crippen molar-refractivity contribution < 1.29 is 9.84 Å². The van der Waals surface area contributed by atoms with Crippen LogP contribution in [0.4, 0.5) is 0 Å². The minimum atomic E-state index is 0.251. The first-order chi connectivity index (χ1) is 10.2. The summed E-state index contributed by atoms with van der Waals surface area (Å²) in [6, 6.07) is 6.95. The van der Waals surface area contributed by atoms with Crippen molar-refractivity contribution in [1.29, 1.82) is 0 Å². The number of nitrogens with zero attached hydrogens (tertiary/aromatic N) is 1. The minimum absolute atomic E-state index is 0.251. The summed E-state index contributed by atoms with van der Waals surface area (Å²) < 4.78 is 5.44. The maximum absolute atomic E-state index is 9.21. The fourth-order valence-electron chi connectivity index (χ4n) is 1.60. The van der Waals surface area contributed by atoms with Gasteiger partial charge in [-0.2, -0.15) is 0 Å². The number of thiocarbonyl (C=S) groups is 1. The standard InChI is InChI=1S/C15H23N3O2S/c1-3-5-6-14(20-4-2)17-18-15(21)16-11-12-7-9-13(19)10-8-12/h7-10,19H,3-6,11H2,1-2H3,(H2,16,18,21). The maximum atomic E-state index is 9.21. The van der Waals surface area contributed by atoms with Gasteiger partial charge in [-0.3, -0.25) is 5.43 Å². The second-order valence-corrected chi connectivity index (χ2v) is 4.91. The Morgan fingerprint density at radius 2 is 2.00 bits per heavy atom. The number of hydrogen-bond acceptors (Lipinski definition) is 4. The van der Waals surface area contributed by atoms with Gasteiger partial charge in [-0.1, -0.05) is 25.5 Å². The molecule has 0 aliphatic rings. The summed E-state index contributed by atoms with van der Waals surface area (Å²) in [5, 5.41) is 16.9. The van der Waals surface area contributed by atoms with Gasteiger partial charge >= 0.3 is 0 Å². The number of hydrogen-bond donors (Lipinski definition) is 3. The molecule has 0 heterocycles. The molecule has 116 valence electrons. The van der Waals surface area contributed by atoms with Gasteiger partial charge in [0.1, 0.15) is 5.75 Å². The third-order valence-corrected chi connectivity index (χ3v) is 2.96. The van der Waals surface area contributed by atoms with Gasteiger partial charge in [0.25, 0.3) is 0 Å². The van der Waals surface area contributed by atoms with Crippen molar-refractivity contribution in [3.8, 4) is 5.75 Å². The van der Waals surface area contributed by atoms with E-state index < -0.39 is 0 Å². The fourth-order valence-corrected chi connectivity index (χ4v) is 1.72. The van der Waals surface area contributed by atoms with E-state index in [0.717, 1.165) is 24.8 Å². The molecule has 0 amide bonds. The molecule has 0 aliphatic heterocycles. The molecule has 0 saturated carbocycles. The Morgan fingerprint density at radius 3 is 2.62 bits per heavy atom. The van der Waals surface area contributed by atoms with Crippen LogP contribution >= 0.6 is 12.2 Å². The number of nitrogens with one attached hydrogen (secondary N) is 2. The normalized spacial score (nSPS) is 11.0. The lowest BCUT2D eigenvalue weighted by atomic mass is 10.2. The van der Waals surface area contributed by atoms with Gasteiger partial charge in [0, 0.05) is 13.0 Å². The van der Waals surface area contributed by atoms with Crippen LogP contribution in [0.2, 0.25) is 0 Å². The number of benzene rings is 1. The first-order valence-electron chi connectivity index (χ1n) is 7.16. The molecule has 6 heteroatoms. The zero-order valence-electron chi connectivity index (χ0n) is 12.6. The van der Waals surface area contributed by atoms with Crippen molar-refractivity contribution in [2.75, 3.05) is 6.61 Å². The number of ether oxygens (including phenoxy) is 1. The van der Waals surface area contributed by atoms with E-state index in [1.807, 2.05) is 19.1 Å². The van der Waals surface area contributed by atoms with E-state index >= 15 is 0 Å². The predicted molar refractivity (Wildman–Crippen MR) is 89.3 cm³/mol. The Hall–Kier alpha value is -1.82. The van der Waals surface area contributed by atoms with Crippen LogP contribution < -0.4 is 10.7 Å². The van der Waals surface area contributed by atoms with E-state index in [1.54, 1.807) is 12.1 Å². The average molecular weight is 309 g/mol. The number of aromatic hydroxyl groups is 1. The molecule has 0 atom stereocenters. The molecule has 0 saturated heterocycles. The van der Waals surface area contributed by atoms with Crippen LogP contribution in [0, 0.1) is 0 Å². The van der Waals surface area contributed by atoms with Gasteiger partial charge in [0.15, 0.2) is 5.11 Å². The molecule has 0 aromatic heterocycles. The quantitative estimate of drug-likeness (QED) is 0.313. The summed E-state index contributed by atoms with van der Waals surface area (Å²) in [5.74, 6) is 0.925. The van der Waals surface area contributed by atoms with E-state index in [1.165, 1.54) is 0 Å². The molecule has 21 heavy (non-hydrogen) atoms. The van der Waals surface area contributed by atoms with Crippen LogP contribution in [-0.2, 0) is 11.3 Å². The van der Waals surface area contributed by atoms with Crippen LogP contribution in [0.15, 0.2) is 29.4 Å². The number of unbranched alkanes of at least 4 members (excludes halogenated alkanes) is 1. The van der Waals surface area contributed by atoms with Gasteiger partial charge in [-0.25, -0.2) is 0 Å². The van der Waals surface area contributed by atoms with Crippen LogP contribution in [-0.4, -0.2) is 22.7 Å². The summed E-state index contributed by atoms with van der Waals surface area (Å²) in [6.07, 6.45) is 2.93. The molecule has 0 bridgehead atoms. The third-order valence-electron chi connectivity index (χ3n) is 2.73. The number of rotatable bonds is 7. The molecule has 5 nitrogen and oxygen atoms in total. The van der Waals surface area contributed by atoms with Gasteiger partial charge in [0.05, 0.1) is 6.61 Å². The molecule has 0 spiro atoms. The monoisotopic (exact) mass is 309 g/mol. The van der Waals surface area contributed by atoms with E-state index in [-0.39, 0.29) is 5.75 Å². The molecular formula is C15H23N3O2S. The van der Waals surface area contributed by atoms with Gasteiger partial charge in [-0.15, -0.1) is 5.10 Å². The zero-order valence-corrected chi connectivity index (χ0v) is 13.4. The van der Waals surface area contributed by atoms with Crippen LogP contribution in [0.1, 0.15) is 38.7 Å². The average Bonchev–Trinajstić information content (AvgIpc) is 2.49. The Balaban J connectivity index is 2.38. The molecular weight excluding hydrogens is 286 g/mol. The molecule has 1 aromatic carbocycles. The summed E-state index contributed by atoms with van der Waals surface area (Å²) in [4.78, 5) is 0. The van der Waals surface area contributed by atoms with E-state index in [9.17, 15) is 5.11 Å². The van der Waals surface area contributed by atoms with Crippen LogP contribution in [0.3, 0.4) is 0 Å². The lowest BCUT2D eigenvalue weighted by molar-refractivity contribution is 0.313. The maximum Gasteiger partial charge on any atom is 0.206 e. The first-order valence-corrected chi connectivity index (χ1v) is 7.57. The molecule has 3 N–H and O–H groups in total. The lowest BCUT2D eigenvalue weighted by Gasteiger charge is -2.10. The summed E-state index contributed by atoms with van der Waals surface area (Å²) in [7, 11) is 0. The smallest absolute Gasteiger partial charge is 0.206 e. The summed E-state index contributed by atoms with van der Waals surface area (Å²) in [5.41, 5.74) is 3.82. The summed E-state index contributed by atoms with van der Waals surface area (Å²) >= 11 is 5.16. The fraction of sp³-hybridized carbons (Fsp3) is 0.467. The highest BCUT2D eigenvalue weighted by molar-refractivity contribution is 7.80. The molecule has 1 aromatic rings. The SMILES string of the molecule is CCCCC(=NNC(=S)NCc1ccc(O)cc1)OCC. The van der Waals surface area contributed by atoms with E-state index in [2.05, 4.69) is 22.8 Å². The zero-order chi connectivity index (χ0) is 15.5. The number of hydrazone groups is 1. The van der Waals surface area contributed by atoms with E-state index in [0.29, 0.717) is 24.2 Å². The van der Waals surface area contributed by atoms with Gasteiger partial charge in [0.2, 0.25) is 5.90 Å². The van der Waals surface area contributed by atoms with Crippen molar-refractivity contribution in [2.45, 2.75) is 39.7 Å². The third kappa shape index (κ3) is 7.51. The van der Waals surface area contributed by atoms with Crippen molar-refractivity contribution in [3.05, 3.63) is 29.8 Å². The van der Waals surface area contributed by atoms with Crippen LogP contribution in [0.25, 0.3) is 0 Å². The Labute approximate surface area is 131 Å². The Kier molecular flexibility index (Phi) is 8.19. The highest BCUT2D eigenvalue weighted by Crippen LogP contribution is 2.09. The Bertz CT molecular complexity index is 460. The molecule has 0 fully saturated rings. The first kappa shape index (κ1) is 17.2. The molecule has 0 aliphatic carbocycles. The molecule has 0 unspecified atom stereocenters. The summed E-state index contributed by atoms with van der Waals surface area (Å²) in [6.45, 7) is 5.22. The van der Waals surface area contributed by atoms with Gasteiger partial charge in [-0.05, 0) is 43.3 Å². The highest BCUT2D eigenvalue weighted by Gasteiger charge is 2.01. The Morgan fingerprint density at radius 1 is 1.29 bits per heavy atom. The second-order valence-electron chi connectivity index (χ2n) is 4.50. The van der Waals surface area contributed by atoms with Crippen molar-refractivity contribution in [2.24, 2.45) is 5.10 Å². The topological polar surface area (TPSA) is 65.9 Å². The second kappa shape index (κ2) is 9.99. The molecule has 1 rings (SSSR count).